The molecule has 0 radical (unpaired) electrons. The van der Waals surface area contributed by atoms with Gasteiger partial charge in [-0.25, -0.2) is 4.39 Å². The first kappa shape index (κ1) is 19.2. The maximum absolute atomic E-state index is 14.0. The Bertz CT molecular complexity index is 998. The van der Waals surface area contributed by atoms with E-state index in [4.69, 9.17) is 16.3 Å². The largest absolute Gasteiger partial charge is 0.484 e. The maximum atomic E-state index is 14.0. The van der Waals surface area contributed by atoms with E-state index in [-0.39, 0.29) is 18.3 Å². The van der Waals surface area contributed by atoms with Gasteiger partial charge < -0.3 is 15.0 Å². The molecular weight excluding hydrogens is 367 g/mol. The number of halogens is 2. The highest BCUT2D eigenvalue weighted by molar-refractivity contribution is 6.31. The quantitative estimate of drug-likeness (QED) is 0.647. The van der Waals surface area contributed by atoms with Crippen molar-refractivity contribution >= 4 is 28.4 Å². The molecule has 6 heteroatoms. The van der Waals surface area contributed by atoms with Crippen LogP contribution in [0.3, 0.4) is 0 Å². The smallest absolute Gasteiger partial charge is 0.257 e. The molecule has 1 amide bonds. The van der Waals surface area contributed by atoms with Gasteiger partial charge in [-0.15, -0.1) is 0 Å². The fourth-order valence-corrected chi connectivity index (χ4v) is 3.32. The molecule has 0 aliphatic heterocycles. The first-order valence-electron chi connectivity index (χ1n) is 8.78. The number of aromatic nitrogens is 1. The van der Waals surface area contributed by atoms with Gasteiger partial charge in [0.2, 0.25) is 0 Å². The van der Waals surface area contributed by atoms with Crippen LogP contribution in [0.4, 0.5) is 4.39 Å². The molecule has 0 unspecified atom stereocenters. The zero-order valence-electron chi connectivity index (χ0n) is 15.6. The zero-order valence-corrected chi connectivity index (χ0v) is 16.3. The molecule has 142 valence electrons. The number of aryl methyl sites for hydroxylation is 3. The summed E-state index contributed by atoms with van der Waals surface area (Å²) in [6, 6.07) is 8.55. The highest BCUT2D eigenvalue weighted by atomic mass is 35.5. The van der Waals surface area contributed by atoms with Crippen molar-refractivity contribution in [3.05, 3.63) is 63.6 Å². The van der Waals surface area contributed by atoms with E-state index < -0.39 is 0 Å². The fourth-order valence-electron chi connectivity index (χ4n) is 3.15. The summed E-state index contributed by atoms with van der Waals surface area (Å²) < 4.78 is 19.5. The molecule has 1 heterocycles. The fraction of sp³-hybridized carbons (Fsp3) is 0.286. The van der Waals surface area contributed by atoms with Crippen LogP contribution in [0.1, 0.15) is 22.4 Å². The van der Waals surface area contributed by atoms with E-state index in [0.717, 1.165) is 27.8 Å². The van der Waals surface area contributed by atoms with Gasteiger partial charge in [-0.3, -0.25) is 4.79 Å². The van der Waals surface area contributed by atoms with E-state index in [1.165, 1.54) is 6.07 Å². The minimum atomic E-state index is -0.265. The Morgan fingerprint density at radius 2 is 1.93 bits per heavy atom. The average molecular weight is 389 g/mol. The van der Waals surface area contributed by atoms with Crippen LogP contribution in [0.15, 0.2) is 30.3 Å². The molecule has 3 aromatic rings. The van der Waals surface area contributed by atoms with Crippen LogP contribution in [0.5, 0.6) is 5.75 Å². The summed E-state index contributed by atoms with van der Waals surface area (Å²) in [4.78, 5) is 15.1. The van der Waals surface area contributed by atoms with Crippen molar-refractivity contribution in [1.82, 2.24) is 10.3 Å². The zero-order chi connectivity index (χ0) is 19.6. The molecule has 0 saturated heterocycles. The Kier molecular flexibility index (Phi) is 5.71. The van der Waals surface area contributed by atoms with Gasteiger partial charge in [-0.1, -0.05) is 23.7 Å². The molecule has 0 aliphatic rings. The summed E-state index contributed by atoms with van der Waals surface area (Å²) in [5.41, 5.74) is 4.42. The minimum absolute atomic E-state index is 0.0834. The third kappa shape index (κ3) is 4.25. The lowest BCUT2D eigenvalue weighted by Crippen LogP contribution is -2.30. The lowest BCUT2D eigenvalue weighted by atomic mass is 10.0. The SMILES string of the molecule is Cc1ccc(OCC(=O)NCCc2c(C)[nH]c3c(F)ccc(C)c23)cc1Cl. The Balaban J connectivity index is 1.57. The van der Waals surface area contributed by atoms with Gasteiger partial charge in [0.1, 0.15) is 11.6 Å². The summed E-state index contributed by atoms with van der Waals surface area (Å²) in [5.74, 6) is 0.0746. The Morgan fingerprint density at radius 3 is 2.67 bits per heavy atom. The van der Waals surface area contributed by atoms with E-state index in [9.17, 15) is 9.18 Å². The number of aromatic amines is 1. The van der Waals surface area contributed by atoms with E-state index >= 15 is 0 Å². The number of benzene rings is 2. The van der Waals surface area contributed by atoms with Crippen molar-refractivity contribution in [2.24, 2.45) is 0 Å². The number of carbonyl (C=O) groups excluding carboxylic acids is 1. The summed E-state index contributed by atoms with van der Waals surface area (Å²) in [5, 5.41) is 4.34. The summed E-state index contributed by atoms with van der Waals surface area (Å²) in [6.45, 7) is 6.14. The van der Waals surface area contributed by atoms with Crippen LogP contribution >= 0.6 is 11.6 Å². The highest BCUT2D eigenvalue weighted by Crippen LogP contribution is 2.27. The van der Waals surface area contributed by atoms with E-state index in [1.807, 2.05) is 26.8 Å². The first-order valence-corrected chi connectivity index (χ1v) is 9.16. The predicted molar refractivity (Wildman–Crippen MR) is 106 cm³/mol. The van der Waals surface area contributed by atoms with Gasteiger partial charge in [-0.05, 0) is 62.1 Å². The van der Waals surface area contributed by atoms with Gasteiger partial charge in [0.25, 0.3) is 5.91 Å². The number of rotatable bonds is 6. The Hall–Kier alpha value is -2.53. The van der Waals surface area contributed by atoms with Crippen molar-refractivity contribution in [3.63, 3.8) is 0 Å². The standard InChI is InChI=1S/C21H22ClFN2O2/c1-12-4-6-15(10-17(12)22)27-11-19(26)24-9-8-16-14(3)25-21-18(23)7-5-13(2)20(16)21/h4-7,10,25H,8-9,11H2,1-3H3,(H,24,26). The maximum Gasteiger partial charge on any atom is 0.257 e. The number of hydrogen-bond acceptors (Lipinski definition) is 2. The van der Waals surface area contributed by atoms with Crippen molar-refractivity contribution in [3.8, 4) is 5.75 Å². The number of amides is 1. The van der Waals surface area contributed by atoms with Crippen molar-refractivity contribution in [2.75, 3.05) is 13.2 Å². The van der Waals surface area contributed by atoms with Crippen molar-refractivity contribution in [1.29, 1.82) is 0 Å². The monoisotopic (exact) mass is 388 g/mol. The van der Waals surface area contributed by atoms with Gasteiger partial charge >= 0.3 is 0 Å². The molecule has 27 heavy (non-hydrogen) atoms. The molecule has 0 saturated carbocycles. The van der Waals surface area contributed by atoms with Crippen LogP contribution in [0.25, 0.3) is 10.9 Å². The van der Waals surface area contributed by atoms with E-state index in [2.05, 4.69) is 10.3 Å². The van der Waals surface area contributed by atoms with Crippen LogP contribution in [-0.2, 0) is 11.2 Å². The van der Waals surface area contributed by atoms with Gasteiger partial charge in [0.15, 0.2) is 6.61 Å². The van der Waals surface area contributed by atoms with Crippen molar-refractivity contribution < 1.29 is 13.9 Å². The summed E-state index contributed by atoms with van der Waals surface area (Å²) in [6.07, 6.45) is 0.609. The number of H-pyrrole nitrogens is 1. The second kappa shape index (κ2) is 8.01. The van der Waals surface area contributed by atoms with E-state index in [1.54, 1.807) is 18.2 Å². The number of ether oxygens (including phenoxy) is 1. The van der Waals surface area contributed by atoms with Crippen LogP contribution in [0.2, 0.25) is 5.02 Å². The lowest BCUT2D eigenvalue weighted by Gasteiger charge is -2.09. The number of hydrogen-bond donors (Lipinski definition) is 2. The Labute approximate surface area is 162 Å². The number of carbonyl (C=O) groups is 1. The molecule has 1 aromatic heterocycles. The molecule has 2 aromatic carbocycles. The van der Waals surface area contributed by atoms with Gasteiger partial charge in [-0.2, -0.15) is 0 Å². The Morgan fingerprint density at radius 1 is 1.19 bits per heavy atom. The number of nitrogens with one attached hydrogen (secondary N) is 2. The van der Waals surface area contributed by atoms with Gasteiger partial charge in [0.05, 0.1) is 5.52 Å². The molecule has 0 bridgehead atoms. The molecule has 2 N–H and O–H groups in total. The summed E-state index contributed by atoms with van der Waals surface area (Å²) in [7, 11) is 0. The van der Waals surface area contributed by atoms with Crippen LogP contribution in [0, 0.1) is 26.6 Å². The molecule has 0 atom stereocenters. The number of fused-ring (bicyclic) bond motifs is 1. The van der Waals surface area contributed by atoms with E-state index in [0.29, 0.717) is 29.3 Å². The minimum Gasteiger partial charge on any atom is -0.484 e. The summed E-state index contributed by atoms with van der Waals surface area (Å²) >= 11 is 6.05. The highest BCUT2D eigenvalue weighted by Gasteiger charge is 2.14. The topological polar surface area (TPSA) is 54.1 Å². The lowest BCUT2D eigenvalue weighted by molar-refractivity contribution is -0.123. The molecule has 0 spiro atoms. The molecule has 3 rings (SSSR count). The normalized spacial score (nSPS) is 11.0. The van der Waals surface area contributed by atoms with Crippen LogP contribution < -0.4 is 10.1 Å². The van der Waals surface area contributed by atoms with Gasteiger partial charge in [0, 0.05) is 22.6 Å². The molecular formula is C21H22ClFN2O2. The second-order valence-electron chi connectivity index (χ2n) is 6.64. The third-order valence-electron chi connectivity index (χ3n) is 4.64. The third-order valence-corrected chi connectivity index (χ3v) is 5.05. The first-order chi connectivity index (χ1) is 12.9. The van der Waals surface area contributed by atoms with Crippen molar-refractivity contribution in [2.45, 2.75) is 27.2 Å². The average Bonchev–Trinajstić information content (AvgIpc) is 2.97. The van der Waals surface area contributed by atoms with Crippen LogP contribution in [-0.4, -0.2) is 24.0 Å². The molecule has 0 fully saturated rings. The molecule has 4 nitrogen and oxygen atoms in total. The predicted octanol–water partition coefficient (Wildman–Crippen LogP) is 4.62. The second-order valence-corrected chi connectivity index (χ2v) is 7.05. The molecule has 0 aliphatic carbocycles.